The molecule has 9 heteroatoms. The molecule has 2 atom stereocenters. The van der Waals surface area contributed by atoms with Gasteiger partial charge in [-0.15, -0.1) is 0 Å². The first-order valence-electron chi connectivity index (χ1n) is 10.4. The van der Waals surface area contributed by atoms with Crippen molar-refractivity contribution < 1.29 is 13.7 Å². The van der Waals surface area contributed by atoms with E-state index >= 15 is 0 Å². The number of nitrogens with one attached hydrogen (secondary N) is 1. The zero-order valence-electron chi connectivity index (χ0n) is 17.1. The molecule has 31 heavy (non-hydrogen) atoms. The van der Waals surface area contributed by atoms with E-state index in [1.807, 2.05) is 54.3 Å². The Labute approximate surface area is 178 Å². The quantitative estimate of drug-likeness (QED) is 0.695. The van der Waals surface area contributed by atoms with Crippen molar-refractivity contribution >= 4 is 17.5 Å². The molecule has 0 aromatic carbocycles. The van der Waals surface area contributed by atoms with Gasteiger partial charge < -0.3 is 14.7 Å². The van der Waals surface area contributed by atoms with Gasteiger partial charge in [-0.05, 0) is 36.2 Å². The van der Waals surface area contributed by atoms with Crippen LogP contribution in [0.4, 0.5) is 10.3 Å². The summed E-state index contributed by atoms with van der Waals surface area (Å²) in [4.78, 5) is 24.1. The van der Waals surface area contributed by atoms with Crippen molar-refractivity contribution in [3.8, 4) is 0 Å². The van der Waals surface area contributed by atoms with E-state index in [9.17, 15) is 9.18 Å². The predicted octanol–water partition coefficient (Wildman–Crippen LogP) is 3.04. The summed E-state index contributed by atoms with van der Waals surface area (Å²) in [6.07, 6.45) is 11.1. The zero-order chi connectivity index (χ0) is 21.4. The van der Waals surface area contributed by atoms with Crippen LogP contribution in [0.2, 0.25) is 0 Å². The van der Waals surface area contributed by atoms with Crippen LogP contribution in [0.15, 0.2) is 59.4 Å². The lowest BCUT2D eigenvalue weighted by molar-refractivity contribution is 0.0871. The Morgan fingerprint density at radius 2 is 2.13 bits per heavy atom. The molecule has 0 spiro atoms. The van der Waals surface area contributed by atoms with E-state index in [1.165, 1.54) is 0 Å². The molecule has 0 radical (unpaired) electrons. The number of amides is 1. The molecule has 1 aliphatic carbocycles. The van der Waals surface area contributed by atoms with Gasteiger partial charge in [-0.25, -0.2) is 9.37 Å². The van der Waals surface area contributed by atoms with Gasteiger partial charge in [0.25, 0.3) is 17.7 Å². The molecule has 8 nitrogen and oxygen atoms in total. The fourth-order valence-electron chi connectivity index (χ4n) is 4.13. The SMILES string of the molecule is CC1C=CC=CC1(NC(=O)c1cnc2ccccn12)c1nc(N2CCC(F)CC2)no1. The molecule has 4 heterocycles. The van der Waals surface area contributed by atoms with E-state index in [-0.39, 0.29) is 11.8 Å². The number of piperidine rings is 1. The largest absolute Gasteiger partial charge is 0.338 e. The van der Waals surface area contributed by atoms with Gasteiger partial charge in [0.1, 0.15) is 23.1 Å². The summed E-state index contributed by atoms with van der Waals surface area (Å²) in [5.74, 6) is 0.273. The van der Waals surface area contributed by atoms with E-state index in [4.69, 9.17) is 4.52 Å². The van der Waals surface area contributed by atoms with Crippen LogP contribution >= 0.6 is 0 Å². The fraction of sp³-hybridized carbons (Fsp3) is 0.364. The average molecular weight is 422 g/mol. The summed E-state index contributed by atoms with van der Waals surface area (Å²) in [5, 5.41) is 7.23. The molecule has 3 aromatic rings. The third-order valence-corrected chi connectivity index (χ3v) is 6.03. The molecule has 1 aliphatic heterocycles. The highest BCUT2D eigenvalue weighted by molar-refractivity contribution is 5.94. The minimum absolute atomic E-state index is 0.134. The lowest BCUT2D eigenvalue weighted by atomic mass is 9.81. The van der Waals surface area contributed by atoms with E-state index < -0.39 is 11.7 Å². The normalized spacial score (nSPS) is 24.1. The van der Waals surface area contributed by atoms with E-state index in [1.54, 1.807) is 16.8 Å². The number of anilines is 1. The summed E-state index contributed by atoms with van der Waals surface area (Å²) in [6, 6.07) is 5.55. The van der Waals surface area contributed by atoms with Crippen molar-refractivity contribution in [2.24, 2.45) is 5.92 Å². The van der Waals surface area contributed by atoms with Crippen LogP contribution in [0, 0.1) is 5.92 Å². The standard InChI is InChI=1S/C22H23FN6O2/c1-15-6-2-4-10-22(15,20-25-21(27-31-20)28-12-8-16(23)9-13-28)26-19(30)17-14-24-18-7-3-5-11-29(17)18/h2-7,10-11,14-16H,8-9,12-13H2,1H3,(H,26,30). The first-order chi connectivity index (χ1) is 15.1. The maximum absolute atomic E-state index is 13.5. The van der Waals surface area contributed by atoms with Gasteiger partial charge in [0, 0.05) is 25.2 Å². The molecule has 2 unspecified atom stereocenters. The number of hydrogen-bond donors (Lipinski definition) is 1. The van der Waals surface area contributed by atoms with Crippen LogP contribution in [-0.4, -0.2) is 44.7 Å². The number of allylic oxidation sites excluding steroid dienone is 2. The Balaban J connectivity index is 1.47. The summed E-state index contributed by atoms with van der Waals surface area (Å²) < 4.78 is 20.9. The number of fused-ring (bicyclic) bond motifs is 1. The Kier molecular flexibility index (Phi) is 4.80. The lowest BCUT2D eigenvalue weighted by Crippen LogP contribution is -2.50. The van der Waals surface area contributed by atoms with Crippen molar-refractivity contribution in [1.82, 2.24) is 24.8 Å². The maximum atomic E-state index is 13.5. The molecule has 1 saturated heterocycles. The first kappa shape index (κ1) is 19.5. The fourth-order valence-corrected chi connectivity index (χ4v) is 4.13. The minimum atomic E-state index is -1.01. The van der Waals surface area contributed by atoms with Crippen molar-refractivity contribution in [1.29, 1.82) is 0 Å². The summed E-state index contributed by atoms with van der Waals surface area (Å²) in [7, 11) is 0. The van der Waals surface area contributed by atoms with Crippen molar-refractivity contribution in [2.45, 2.75) is 31.5 Å². The third-order valence-electron chi connectivity index (χ3n) is 6.03. The monoisotopic (exact) mass is 422 g/mol. The number of aromatic nitrogens is 4. The second kappa shape index (κ2) is 7.64. The van der Waals surface area contributed by atoms with Gasteiger partial charge in [0.15, 0.2) is 0 Å². The molecular formula is C22H23FN6O2. The van der Waals surface area contributed by atoms with Crippen molar-refractivity contribution in [3.63, 3.8) is 0 Å². The Morgan fingerprint density at radius 1 is 1.29 bits per heavy atom. The second-order valence-corrected chi connectivity index (χ2v) is 7.99. The van der Waals surface area contributed by atoms with Crippen molar-refractivity contribution in [3.05, 3.63) is 66.5 Å². The number of rotatable bonds is 4. The molecule has 1 fully saturated rings. The van der Waals surface area contributed by atoms with Crippen LogP contribution in [0.1, 0.15) is 36.1 Å². The molecule has 3 aromatic heterocycles. The summed E-state index contributed by atoms with van der Waals surface area (Å²) in [5.41, 5.74) is 0.0917. The first-order valence-corrected chi connectivity index (χ1v) is 10.4. The van der Waals surface area contributed by atoms with Gasteiger partial charge >= 0.3 is 0 Å². The van der Waals surface area contributed by atoms with Crippen LogP contribution in [0.5, 0.6) is 0 Å². The highest BCUT2D eigenvalue weighted by Gasteiger charge is 2.43. The van der Waals surface area contributed by atoms with Crippen LogP contribution in [0.25, 0.3) is 5.65 Å². The summed E-state index contributed by atoms with van der Waals surface area (Å²) >= 11 is 0. The molecule has 0 saturated carbocycles. The van der Waals surface area contributed by atoms with Crippen LogP contribution in [-0.2, 0) is 5.54 Å². The predicted molar refractivity (Wildman–Crippen MR) is 112 cm³/mol. The topological polar surface area (TPSA) is 88.6 Å². The molecule has 1 N–H and O–H groups in total. The lowest BCUT2D eigenvalue weighted by Gasteiger charge is -2.34. The number of imidazole rings is 1. The zero-order valence-corrected chi connectivity index (χ0v) is 17.1. The Bertz CT molecular complexity index is 1160. The molecule has 2 aliphatic rings. The van der Waals surface area contributed by atoms with Gasteiger partial charge in [-0.1, -0.05) is 31.2 Å². The van der Waals surface area contributed by atoms with E-state index in [0.29, 0.717) is 49.1 Å². The molecule has 5 rings (SSSR count). The number of alkyl halides is 1. The number of carbonyl (C=O) groups is 1. The molecule has 1 amide bonds. The summed E-state index contributed by atoms with van der Waals surface area (Å²) in [6.45, 7) is 3.05. The molecular weight excluding hydrogens is 399 g/mol. The minimum Gasteiger partial charge on any atom is -0.338 e. The molecule has 160 valence electrons. The highest BCUT2D eigenvalue weighted by Crippen LogP contribution is 2.35. The number of pyridine rings is 1. The van der Waals surface area contributed by atoms with E-state index in [0.717, 1.165) is 0 Å². The van der Waals surface area contributed by atoms with Gasteiger partial charge in [0.2, 0.25) is 0 Å². The second-order valence-electron chi connectivity index (χ2n) is 7.99. The highest BCUT2D eigenvalue weighted by atomic mass is 19.1. The third kappa shape index (κ3) is 3.39. The Hall–Kier alpha value is -3.49. The average Bonchev–Trinajstić information content (AvgIpc) is 3.44. The van der Waals surface area contributed by atoms with Crippen molar-refractivity contribution in [2.75, 3.05) is 18.0 Å². The Morgan fingerprint density at radius 3 is 2.94 bits per heavy atom. The number of nitrogens with zero attached hydrogens (tertiary/aromatic N) is 5. The number of halogens is 1. The smallest absolute Gasteiger partial charge is 0.271 e. The van der Waals surface area contributed by atoms with Gasteiger partial charge in [-0.2, -0.15) is 4.98 Å². The van der Waals surface area contributed by atoms with E-state index in [2.05, 4.69) is 20.4 Å². The van der Waals surface area contributed by atoms with Gasteiger partial charge in [-0.3, -0.25) is 9.20 Å². The number of hydrogen-bond acceptors (Lipinski definition) is 6. The molecule has 0 bridgehead atoms. The maximum Gasteiger partial charge on any atom is 0.271 e. The van der Waals surface area contributed by atoms with Crippen LogP contribution in [0.3, 0.4) is 0 Å². The van der Waals surface area contributed by atoms with Crippen LogP contribution < -0.4 is 10.2 Å². The number of carbonyl (C=O) groups excluding carboxylic acids is 1. The van der Waals surface area contributed by atoms with Gasteiger partial charge in [0.05, 0.1) is 6.20 Å².